The number of aromatic nitrogens is 5. The lowest BCUT2D eigenvalue weighted by Crippen LogP contribution is -2.07. The Balaban J connectivity index is 1.84. The van der Waals surface area contributed by atoms with Crippen LogP contribution >= 0.6 is 27.3 Å². The molecular weight excluding hydrogens is 344 g/mol. The molecule has 3 aromatic rings. The van der Waals surface area contributed by atoms with Crippen LogP contribution < -0.4 is 5.73 Å². The second-order valence-corrected chi connectivity index (χ2v) is 6.50. The fraction of sp³-hybridized carbons (Fsp3) is 0.273. The molecular formula is C11H11BrN6OS. The van der Waals surface area contributed by atoms with Crippen molar-refractivity contribution in [1.29, 1.82) is 0 Å². The first-order valence-electron chi connectivity index (χ1n) is 5.93. The van der Waals surface area contributed by atoms with E-state index in [1.165, 1.54) is 11.3 Å². The Kier molecular flexibility index (Phi) is 3.53. The number of thiophene rings is 1. The molecule has 3 heterocycles. The summed E-state index contributed by atoms with van der Waals surface area (Å²) in [7, 11) is 0. The van der Waals surface area contributed by atoms with E-state index in [1.807, 2.05) is 19.1 Å². The summed E-state index contributed by atoms with van der Waals surface area (Å²) in [6, 6.07) is 3.87. The van der Waals surface area contributed by atoms with Crippen LogP contribution in [0.15, 0.2) is 20.3 Å². The molecule has 0 saturated carbocycles. The van der Waals surface area contributed by atoms with Crippen LogP contribution in [0.5, 0.6) is 0 Å². The van der Waals surface area contributed by atoms with Crippen LogP contribution in [0, 0.1) is 0 Å². The number of nitrogen functional groups attached to an aromatic ring is 1. The molecule has 0 aliphatic rings. The van der Waals surface area contributed by atoms with Crippen molar-refractivity contribution in [3.8, 4) is 10.8 Å². The van der Waals surface area contributed by atoms with E-state index in [0.29, 0.717) is 24.1 Å². The Hall–Kier alpha value is -1.74. The summed E-state index contributed by atoms with van der Waals surface area (Å²) in [4.78, 5) is 0.921. The summed E-state index contributed by atoms with van der Waals surface area (Å²) in [5.74, 6) is 1.42. The first-order valence-corrected chi connectivity index (χ1v) is 7.54. The van der Waals surface area contributed by atoms with Gasteiger partial charge in [-0.05, 0) is 34.5 Å². The quantitative estimate of drug-likeness (QED) is 0.772. The van der Waals surface area contributed by atoms with Crippen molar-refractivity contribution >= 4 is 33.1 Å². The number of nitrogens with two attached hydrogens (primary N) is 1. The second-order valence-electron chi connectivity index (χ2n) is 4.04. The Morgan fingerprint density at radius 2 is 2.20 bits per heavy atom. The molecule has 9 heteroatoms. The van der Waals surface area contributed by atoms with Gasteiger partial charge in [0.1, 0.15) is 6.54 Å². The molecule has 0 bridgehead atoms. The Morgan fingerprint density at radius 1 is 1.35 bits per heavy atom. The number of halogens is 1. The lowest BCUT2D eigenvalue weighted by molar-refractivity contribution is 0.464. The normalized spacial score (nSPS) is 11.1. The maximum atomic E-state index is 5.74. The first kappa shape index (κ1) is 13.3. The van der Waals surface area contributed by atoms with Gasteiger partial charge in [-0.3, -0.25) is 0 Å². The fourth-order valence-electron chi connectivity index (χ4n) is 1.81. The summed E-state index contributed by atoms with van der Waals surface area (Å²) in [5.41, 5.74) is 6.60. The number of rotatable bonds is 4. The van der Waals surface area contributed by atoms with Gasteiger partial charge in [-0.1, -0.05) is 12.1 Å². The van der Waals surface area contributed by atoms with E-state index in [1.54, 1.807) is 4.68 Å². The van der Waals surface area contributed by atoms with E-state index in [-0.39, 0.29) is 0 Å². The number of hydrogen-bond donors (Lipinski definition) is 1. The summed E-state index contributed by atoms with van der Waals surface area (Å²) in [6.45, 7) is 2.36. The van der Waals surface area contributed by atoms with Gasteiger partial charge < -0.3 is 10.2 Å². The van der Waals surface area contributed by atoms with Crippen LogP contribution in [-0.4, -0.2) is 25.2 Å². The highest BCUT2D eigenvalue weighted by atomic mass is 79.9. The molecule has 0 atom stereocenters. The van der Waals surface area contributed by atoms with E-state index in [9.17, 15) is 0 Å². The molecule has 7 nitrogen and oxygen atoms in total. The van der Waals surface area contributed by atoms with Crippen LogP contribution in [0.3, 0.4) is 0 Å². The van der Waals surface area contributed by atoms with Crippen molar-refractivity contribution in [2.45, 2.75) is 19.9 Å². The molecule has 0 saturated heterocycles. The monoisotopic (exact) mass is 354 g/mol. The molecule has 0 aromatic carbocycles. The van der Waals surface area contributed by atoms with Gasteiger partial charge in [0.2, 0.25) is 5.89 Å². The van der Waals surface area contributed by atoms with Crippen LogP contribution in [0.4, 0.5) is 5.82 Å². The van der Waals surface area contributed by atoms with Gasteiger partial charge in [0.25, 0.3) is 5.89 Å². The van der Waals surface area contributed by atoms with E-state index < -0.39 is 0 Å². The molecule has 2 N–H and O–H groups in total. The average Bonchev–Trinajstić information content (AvgIpc) is 3.11. The molecule has 3 rings (SSSR count). The molecule has 0 amide bonds. The summed E-state index contributed by atoms with van der Waals surface area (Å²) in [5, 5.41) is 15.9. The minimum absolute atomic E-state index is 0.368. The molecule has 0 aliphatic heterocycles. The van der Waals surface area contributed by atoms with Gasteiger partial charge in [-0.15, -0.1) is 26.6 Å². The second kappa shape index (κ2) is 5.33. The molecule has 104 valence electrons. The Labute approximate surface area is 126 Å². The molecule has 0 spiro atoms. The highest BCUT2D eigenvalue weighted by Gasteiger charge is 2.14. The van der Waals surface area contributed by atoms with Gasteiger partial charge >= 0.3 is 0 Å². The standard InChI is InChI=1S/C11H11BrN6OS/c1-2-6-10(13)15-17-18(6)5-9-14-16-11(19-9)7-3-4-8(12)20-7/h3-4H,2,5,13H2,1H3. The SMILES string of the molecule is CCc1c(N)nnn1Cc1nnc(-c2ccc(Br)s2)o1. The zero-order valence-corrected chi connectivity index (χ0v) is 13.0. The highest BCUT2D eigenvalue weighted by molar-refractivity contribution is 9.11. The summed E-state index contributed by atoms with van der Waals surface area (Å²) >= 11 is 4.94. The molecule has 0 fully saturated rings. The predicted molar refractivity (Wildman–Crippen MR) is 78.2 cm³/mol. The van der Waals surface area contributed by atoms with Gasteiger partial charge in [0.05, 0.1) is 14.4 Å². The minimum atomic E-state index is 0.368. The van der Waals surface area contributed by atoms with E-state index in [0.717, 1.165) is 20.8 Å². The zero-order chi connectivity index (χ0) is 14.1. The first-order chi connectivity index (χ1) is 9.67. The molecule has 3 aromatic heterocycles. The van der Waals surface area contributed by atoms with Crippen LogP contribution in [0.1, 0.15) is 18.5 Å². The topological polar surface area (TPSA) is 95.7 Å². The van der Waals surface area contributed by atoms with Crippen molar-refractivity contribution in [3.63, 3.8) is 0 Å². The molecule has 0 radical (unpaired) electrons. The third-order valence-corrected chi connectivity index (χ3v) is 4.35. The van der Waals surface area contributed by atoms with Crippen molar-refractivity contribution in [3.05, 3.63) is 27.5 Å². The van der Waals surface area contributed by atoms with E-state index in [2.05, 4.69) is 36.4 Å². The minimum Gasteiger partial charge on any atom is -0.418 e. The third kappa shape index (κ3) is 2.46. The molecule has 0 unspecified atom stereocenters. The van der Waals surface area contributed by atoms with Crippen molar-refractivity contribution in [1.82, 2.24) is 25.2 Å². The van der Waals surface area contributed by atoms with Gasteiger partial charge in [-0.25, -0.2) is 4.68 Å². The number of anilines is 1. The van der Waals surface area contributed by atoms with Crippen LogP contribution in [-0.2, 0) is 13.0 Å². The Bertz CT molecular complexity index is 733. The molecule has 20 heavy (non-hydrogen) atoms. The van der Waals surface area contributed by atoms with Gasteiger partial charge in [0, 0.05) is 0 Å². The average molecular weight is 355 g/mol. The Morgan fingerprint density at radius 3 is 2.90 bits per heavy atom. The smallest absolute Gasteiger partial charge is 0.257 e. The lowest BCUT2D eigenvalue weighted by Gasteiger charge is -2.00. The number of hydrogen-bond acceptors (Lipinski definition) is 7. The maximum absolute atomic E-state index is 5.74. The predicted octanol–water partition coefficient (Wildman–Crippen LogP) is 2.34. The molecule has 0 aliphatic carbocycles. The van der Waals surface area contributed by atoms with Crippen molar-refractivity contribution in [2.24, 2.45) is 0 Å². The largest absolute Gasteiger partial charge is 0.418 e. The highest BCUT2D eigenvalue weighted by Crippen LogP contribution is 2.30. The maximum Gasteiger partial charge on any atom is 0.257 e. The fourth-order valence-corrected chi connectivity index (χ4v) is 3.12. The summed E-state index contributed by atoms with van der Waals surface area (Å²) < 4.78 is 8.33. The van der Waals surface area contributed by atoms with Crippen LogP contribution in [0.25, 0.3) is 10.8 Å². The van der Waals surface area contributed by atoms with Gasteiger partial charge in [0.15, 0.2) is 5.82 Å². The van der Waals surface area contributed by atoms with Crippen molar-refractivity contribution < 1.29 is 4.42 Å². The van der Waals surface area contributed by atoms with Crippen LogP contribution in [0.2, 0.25) is 0 Å². The lowest BCUT2D eigenvalue weighted by atomic mass is 10.3. The summed E-state index contributed by atoms with van der Waals surface area (Å²) in [6.07, 6.45) is 0.748. The van der Waals surface area contributed by atoms with Crippen molar-refractivity contribution in [2.75, 3.05) is 5.73 Å². The van der Waals surface area contributed by atoms with E-state index >= 15 is 0 Å². The number of nitrogens with zero attached hydrogens (tertiary/aromatic N) is 5. The van der Waals surface area contributed by atoms with E-state index in [4.69, 9.17) is 10.2 Å². The van der Waals surface area contributed by atoms with Gasteiger partial charge in [-0.2, -0.15) is 0 Å². The third-order valence-electron chi connectivity index (χ3n) is 2.74. The zero-order valence-electron chi connectivity index (χ0n) is 10.6.